The summed E-state index contributed by atoms with van der Waals surface area (Å²) < 4.78 is 6.41. The molecule has 160 valence electrons. The molecular formula is C23H23N3O4S. The zero-order valence-electron chi connectivity index (χ0n) is 17.4. The van der Waals surface area contributed by atoms with E-state index in [2.05, 4.69) is 11.9 Å². The van der Waals surface area contributed by atoms with Crippen LogP contribution in [0.3, 0.4) is 0 Å². The molecule has 2 heterocycles. The second-order valence-electron chi connectivity index (χ2n) is 7.54. The first-order valence-corrected chi connectivity index (χ1v) is 11.0. The highest BCUT2D eigenvalue weighted by Crippen LogP contribution is 2.37. The van der Waals surface area contributed by atoms with Crippen LogP contribution in [0.25, 0.3) is 10.9 Å². The van der Waals surface area contributed by atoms with Crippen molar-refractivity contribution in [3.8, 4) is 0 Å². The van der Waals surface area contributed by atoms with Gasteiger partial charge in [-0.05, 0) is 37.1 Å². The first-order chi connectivity index (χ1) is 14.9. The van der Waals surface area contributed by atoms with E-state index in [1.165, 1.54) is 10.9 Å². The van der Waals surface area contributed by atoms with Gasteiger partial charge in [0, 0.05) is 16.7 Å². The number of para-hydroxylation sites is 2. The van der Waals surface area contributed by atoms with Gasteiger partial charge in [-0.15, -0.1) is 11.8 Å². The minimum atomic E-state index is -0.657. The molecule has 1 unspecified atom stereocenters. The molecule has 31 heavy (non-hydrogen) atoms. The predicted octanol–water partition coefficient (Wildman–Crippen LogP) is 3.17. The summed E-state index contributed by atoms with van der Waals surface area (Å²) in [4.78, 5) is 44.8. The monoisotopic (exact) mass is 437 g/mol. The average molecular weight is 438 g/mol. The molecule has 7 nitrogen and oxygen atoms in total. The van der Waals surface area contributed by atoms with E-state index in [1.807, 2.05) is 37.3 Å². The third kappa shape index (κ3) is 4.49. The Morgan fingerprint density at radius 3 is 2.84 bits per heavy atom. The van der Waals surface area contributed by atoms with Gasteiger partial charge in [-0.25, -0.2) is 4.98 Å². The molecule has 1 aliphatic rings. The van der Waals surface area contributed by atoms with Crippen molar-refractivity contribution in [3.63, 3.8) is 0 Å². The van der Waals surface area contributed by atoms with Crippen LogP contribution in [0.5, 0.6) is 0 Å². The molecule has 0 aliphatic carbocycles. The summed E-state index contributed by atoms with van der Waals surface area (Å²) >= 11 is 1.74. The maximum Gasteiger partial charge on any atom is 0.326 e. The zero-order chi connectivity index (χ0) is 22.0. The summed E-state index contributed by atoms with van der Waals surface area (Å²) in [5.41, 5.74) is 2.02. The molecule has 0 radical (unpaired) electrons. The number of esters is 1. The van der Waals surface area contributed by atoms with Gasteiger partial charge in [0.2, 0.25) is 0 Å². The summed E-state index contributed by atoms with van der Waals surface area (Å²) in [6.07, 6.45) is 2.18. The molecule has 4 rings (SSSR count). The number of hydrogen-bond donors (Lipinski definition) is 0. The Bertz CT molecular complexity index is 1210. The highest BCUT2D eigenvalue weighted by molar-refractivity contribution is 8.00. The maximum absolute atomic E-state index is 12.8. The fraction of sp³-hybridized carbons (Fsp3) is 0.304. The molecule has 0 fully saturated rings. The highest BCUT2D eigenvalue weighted by Gasteiger charge is 2.25. The van der Waals surface area contributed by atoms with Crippen LogP contribution in [0, 0.1) is 6.92 Å². The lowest BCUT2D eigenvalue weighted by molar-refractivity contribution is -0.148. The van der Waals surface area contributed by atoms with Gasteiger partial charge in [-0.2, -0.15) is 0 Å². The minimum Gasteiger partial charge on any atom is -0.454 e. The van der Waals surface area contributed by atoms with Crippen LogP contribution in [0.1, 0.15) is 18.9 Å². The lowest BCUT2D eigenvalue weighted by atomic mass is 10.1. The van der Waals surface area contributed by atoms with E-state index in [9.17, 15) is 14.4 Å². The van der Waals surface area contributed by atoms with E-state index in [0.717, 1.165) is 22.6 Å². The van der Waals surface area contributed by atoms with E-state index >= 15 is 0 Å². The number of amides is 1. The number of carbonyl (C=O) groups is 2. The van der Waals surface area contributed by atoms with Crippen molar-refractivity contribution in [2.45, 2.75) is 37.0 Å². The largest absolute Gasteiger partial charge is 0.454 e. The number of anilines is 1. The second kappa shape index (κ2) is 8.93. The van der Waals surface area contributed by atoms with Crippen molar-refractivity contribution < 1.29 is 14.3 Å². The van der Waals surface area contributed by atoms with Crippen LogP contribution >= 0.6 is 11.8 Å². The summed E-state index contributed by atoms with van der Waals surface area (Å²) in [6, 6.07) is 13.1. The third-order valence-corrected chi connectivity index (χ3v) is 6.49. The van der Waals surface area contributed by atoms with E-state index in [-0.39, 0.29) is 24.6 Å². The van der Waals surface area contributed by atoms with Gasteiger partial charge in [0.15, 0.2) is 6.61 Å². The average Bonchev–Trinajstić information content (AvgIpc) is 2.92. The quantitative estimate of drug-likeness (QED) is 0.583. The van der Waals surface area contributed by atoms with Crippen molar-refractivity contribution in [2.75, 3.05) is 18.1 Å². The smallest absolute Gasteiger partial charge is 0.326 e. The number of benzene rings is 2. The first-order valence-electron chi connectivity index (χ1n) is 10.1. The van der Waals surface area contributed by atoms with Gasteiger partial charge in [0.1, 0.15) is 6.54 Å². The molecule has 1 amide bonds. The Balaban J connectivity index is 1.44. The number of thioether (sulfide) groups is 1. The van der Waals surface area contributed by atoms with Gasteiger partial charge in [-0.3, -0.25) is 19.0 Å². The molecule has 0 N–H and O–H groups in total. The summed E-state index contributed by atoms with van der Waals surface area (Å²) in [5, 5.41) is 0.830. The SMILES string of the molecule is Cc1cccc2c(=O)n(CC(=O)OCC(=O)N3CCC(C)Sc4ccccc43)cnc12. The Kier molecular flexibility index (Phi) is 6.08. The van der Waals surface area contributed by atoms with E-state index < -0.39 is 5.97 Å². The van der Waals surface area contributed by atoms with Crippen molar-refractivity contribution in [1.29, 1.82) is 0 Å². The van der Waals surface area contributed by atoms with Gasteiger partial charge in [-0.1, -0.05) is 31.2 Å². The number of fused-ring (bicyclic) bond motifs is 2. The standard InChI is InChI=1S/C23H23N3O4S/c1-15-6-5-7-17-22(15)24-14-25(23(17)29)12-21(28)30-13-20(27)26-11-10-16(2)31-19-9-4-3-8-18(19)26/h3-9,14,16H,10-13H2,1-2H3. The van der Waals surface area contributed by atoms with Crippen LogP contribution < -0.4 is 10.5 Å². The number of rotatable bonds is 4. The van der Waals surface area contributed by atoms with E-state index in [0.29, 0.717) is 22.7 Å². The van der Waals surface area contributed by atoms with E-state index in [4.69, 9.17) is 4.74 Å². The minimum absolute atomic E-state index is 0.282. The van der Waals surface area contributed by atoms with Crippen LogP contribution in [0.15, 0.2) is 58.5 Å². The lowest BCUT2D eigenvalue weighted by Gasteiger charge is -2.22. The zero-order valence-corrected chi connectivity index (χ0v) is 18.2. The van der Waals surface area contributed by atoms with Crippen LogP contribution in [-0.2, 0) is 20.9 Å². The first kappa shape index (κ1) is 21.1. The molecule has 0 bridgehead atoms. The number of nitrogens with zero attached hydrogens (tertiary/aromatic N) is 3. The number of ether oxygens (including phenoxy) is 1. The van der Waals surface area contributed by atoms with Crippen molar-refractivity contribution in [3.05, 3.63) is 64.7 Å². The molecule has 3 aromatic rings. The Morgan fingerprint density at radius 2 is 2.00 bits per heavy atom. The normalized spacial score (nSPS) is 15.9. The maximum atomic E-state index is 12.8. The fourth-order valence-corrected chi connectivity index (χ4v) is 4.71. The van der Waals surface area contributed by atoms with Crippen LogP contribution in [0.2, 0.25) is 0 Å². The topological polar surface area (TPSA) is 81.5 Å². The summed E-state index contributed by atoms with van der Waals surface area (Å²) in [7, 11) is 0. The van der Waals surface area contributed by atoms with Gasteiger partial charge >= 0.3 is 5.97 Å². The molecule has 2 aromatic carbocycles. The fourth-order valence-electron chi connectivity index (χ4n) is 3.60. The third-order valence-electron chi connectivity index (χ3n) is 5.26. The molecular weight excluding hydrogens is 414 g/mol. The lowest BCUT2D eigenvalue weighted by Crippen LogP contribution is -2.36. The molecule has 8 heteroatoms. The highest BCUT2D eigenvalue weighted by atomic mass is 32.2. The number of aryl methyl sites for hydroxylation is 1. The molecule has 0 saturated carbocycles. The molecule has 0 saturated heterocycles. The number of carbonyl (C=O) groups excluding carboxylic acids is 2. The Labute approximate surface area is 184 Å². The van der Waals surface area contributed by atoms with Gasteiger partial charge in [0.05, 0.1) is 22.9 Å². The second-order valence-corrected chi connectivity index (χ2v) is 9.02. The predicted molar refractivity (Wildman–Crippen MR) is 120 cm³/mol. The number of aromatic nitrogens is 2. The Morgan fingerprint density at radius 1 is 1.19 bits per heavy atom. The van der Waals surface area contributed by atoms with Crippen molar-refractivity contribution >= 4 is 40.2 Å². The summed E-state index contributed by atoms with van der Waals surface area (Å²) in [5.74, 6) is -0.940. The van der Waals surface area contributed by atoms with Crippen molar-refractivity contribution in [1.82, 2.24) is 9.55 Å². The molecule has 1 atom stereocenters. The summed E-state index contributed by atoms with van der Waals surface area (Å²) in [6.45, 7) is 3.90. The molecule has 0 spiro atoms. The van der Waals surface area contributed by atoms with Gasteiger partial charge < -0.3 is 9.64 Å². The molecule has 1 aromatic heterocycles. The van der Waals surface area contributed by atoms with Crippen LogP contribution in [0.4, 0.5) is 5.69 Å². The Hall–Kier alpha value is -3.13. The van der Waals surface area contributed by atoms with Gasteiger partial charge in [0.25, 0.3) is 11.5 Å². The van der Waals surface area contributed by atoms with Crippen LogP contribution in [-0.4, -0.2) is 39.8 Å². The van der Waals surface area contributed by atoms with E-state index in [1.54, 1.807) is 28.8 Å². The number of hydrogen-bond acceptors (Lipinski definition) is 6. The molecule has 1 aliphatic heterocycles. The van der Waals surface area contributed by atoms with Crippen molar-refractivity contribution in [2.24, 2.45) is 0 Å².